The minimum atomic E-state index is 0.167. The van der Waals surface area contributed by atoms with Gasteiger partial charge in [-0.25, -0.2) is 4.98 Å². The van der Waals surface area contributed by atoms with Gasteiger partial charge in [0.1, 0.15) is 5.01 Å². The highest BCUT2D eigenvalue weighted by Crippen LogP contribution is 2.28. The number of aromatic nitrogens is 1. The zero-order valence-corrected chi connectivity index (χ0v) is 10.7. The van der Waals surface area contributed by atoms with Crippen LogP contribution in [0.4, 0.5) is 0 Å². The van der Waals surface area contributed by atoms with E-state index in [9.17, 15) is 0 Å². The van der Waals surface area contributed by atoms with Crippen LogP contribution in [0.5, 0.6) is 0 Å². The average molecular weight is 283 g/mol. The molecule has 2 rings (SSSR count). The van der Waals surface area contributed by atoms with Crippen molar-refractivity contribution in [3.8, 4) is 0 Å². The van der Waals surface area contributed by atoms with Crippen molar-refractivity contribution in [1.29, 1.82) is 0 Å². The van der Waals surface area contributed by atoms with E-state index in [1.165, 1.54) is 5.56 Å². The van der Waals surface area contributed by atoms with Crippen molar-refractivity contribution in [3.05, 3.63) is 50.9 Å². The normalized spacial score (nSPS) is 12.7. The standard InChI is InChI=1S/C11H11BrN2S/c1-13-10(11-14-6-7-15-11)8-4-2-3-5-9(8)12/h2-7,10,13H,1H3. The van der Waals surface area contributed by atoms with Crippen molar-refractivity contribution in [3.63, 3.8) is 0 Å². The topological polar surface area (TPSA) is 24.9 Å². The molecule has 0 aliphatic rings. The summed E-state index contributed by atoms with van der Waals surface area (Å²) in [5, 5.41) is 6.36. The van der Waals surface area contributed by atoms with E-state index >= 15 is 0 Å². The van der Waals surface area contributed by atoms with Crippen molar-refractivity contribution in [2.75, 3.05) is 7.05 Å². The Balaban J connectivity index is 2.40. The van der Waals surface area contributed by atoms with Gasteiger partial charge < -0.3 is 5.32 Å². The fourth-order valence-corrected chi connectivity index (χ4v) is 2.78. The predicted molar refractivity (Wildman–Crippen MR) is 67.2 cm³/mol. The minimum absolute atomic E-state index is 0.167. The molecule has 0 spiro atoms. The molecular weight excluding hydrogens is 272 g/mol. The lowest BCUT2D eigenvalue weighted by Gasteiger charge is -2.15. The van der Waals surface area contributed by atoms with Gasteiger partial charge in [-0.2, -0.15) is 0 Å². The van der Waals surface area contributed by atoms with Crippen molar-refractivity contribution < 1.29 is 0 Å². The molecule has 0 fully saturated rings. The van der Waals surface area contributed by atoms with Gasteiger partial charge in [0.05, 0.1) is 6.04 Å². The first-order valence-corrected chi connectivity index (χ1v) is 6.31. The van der Waals surface area contributed by atoms with Crippen LogP contribution in [0.25, 0.3) is 0 Å². The van der Waals surface area contributed by atoms with Crippen molar-refractivity contribution in [1.82, 2.24) is 10.3 Å². The van der Waals surface area contributed by atoms with Crippen LogP contribution in [0.15, 0.2) is 40.3 Å². The van der Waals surface area contributed by atoms with Gasteiger partial charge in [-0.1, -0.05) is 34.1 Å². The maximum Gasteiger partial charge on any atom is 0.114 e. The summed E-state index contributed by atoms with van der Waals surface area (Å²) in [6, 6.07) is 8.38. The lowest BCUT2D eigenvalue weighted by atomic mass is 10.1. The van der Waals surface area contributed by atoms with Gasteiger partial charge in [-0.3, -0.25) is 0 Å². The summed E-state index contributed by atoms with van der Waals surface area (Å²) in [5.41, 5.74) is 1.22. The average Bonchev–Trinajstić information content (AvgIpc) is 2.75. The second kappa shape index (κ2) is 4.88. The van der Waals surface area contributed by atoms with Crippen LogP contribution in [-0.4, -0.2) is 12.0 Å². The van der Waals surface area contributed by atoms with E-state index in [4.69, 9.17) is 0 Å². The van der Waals surface area contributed by atoms with Gasteiger partial charge >= 0.3 is 0 Å². The van der Waals surface area contributed by atoms with Crippen LogP contribution in [0, 0.1) is 0 Å². The summed E-state index contributed by atoms with van der Waals surface area (Å²) in [7, 11) is 1.95. The Hall–Kier alpha value is -0.710. The van der Waals surface area contributed by atoms with Crippen molar-refractivity contribution >= 4 is 27.3 Å². The Kier molecular flexibility index (Phi) is 3.51. The third-order valence-electron chi connectivity index (χ3n) is 2.20. The number of thiazole rings is 1. The molecule has 0 radical (unpaired) electrons. The second-order valence-corrected chi connectivity index (χ2v) is 4.89. The monoisotopic (exact) mass is 282 g/mol. The maximum absolute atomic E-state index is 4.34. The fraction of sp³-hybridized carbons (Fsp3) is 0.182. The number of nitrogens with zero attached hydrogens (tertiary/aromatic N) is 1. The Bertz CT molecular complexity index is 428. The van der Waals surface area contributed by atoms with E-state index in [0.29, 0.717) is 0 Å². The van der Waals surface area contributed by atoms with Crippen molar-refractivity contribution in [2.24, 2.45) is 0 Å². The van der Waals surface area contributed by atoms with Crippen LogP contribution in [0.3, 0.4) is 0 Å². The van der Waals surface area contributed by atoms with Crippen LogP contribution >= 0.6 is 27.3 Å². The van der Waals surface area contributed by atoms with Gasteiger partial charge in [0.2, 0.25) is 0 Å². The zero-order valence-electron chi connectivity index (χ0n) is 8.27. The molecule has 0 saturated heterocycles. The largest absolute Gasteiger partial charge is 0.307 e. The molecule has 0 aliphatic carbocycles. The quantitative estimate of drug-likeness (QED) is 0.935. The number of rotatable bonds is 3. The Labute approximate surface area is 101 Å². The van der Waals surface area contributed by atoms with E-state index in [-0.39, 0.29) is 6.04 Å². The van der Waals surface area contributed by atoms with Crippen LogP contribution in [0.1, 0.15) is 16.6 Å². The SMILES string of the molecule is CNC(c1nccs1)c1ccccc1Br. The molecular formula is C11H11BrN2S. The molecule has 0 saturated carbocycles. The number of benzene rings is 1. The highest BCUT2D eigenvalue weighted by molar-refractivity contribution is 9.10. The summed E-state index contributed by atoms with van der Waals surface area (Å²) in [4.78, 5) is 4.34. The van der Waals surface area contributed by atoms with Gasteiger partial charge in [-0.05, 0) is 18.7 Å². The third kappa shape index (κ3) is 2.27. The fourth-order valence-electron chi connectivity index (χ4n) is 1.50. The Morgan fingerprint density at radius 1 is 1.40 bits per heavy atom. The predicted octanol–water partition coefficient (Wildman–Crippen LogP) is 3.21. The van der Waals surface area contributed by atoms with Crippen LogP contribution in [-0.2, 0) is 0 Å². The van der Waals surface area contributed by atoms with E-state index in [0.717, 1.165) is 9.48 Å². The summed E-state index contributed by atoms with van der Waals surface area (Å²) in [6.45, 7) is 0. The lowest BCUT2D eigenvalue weighted by Crippen LogP contribution is -2.17. The Morgan fingerprint density at radius 2 is 2.20 bits per heavy atom. The molecule has 78 valence electrons. The number of hydrogen-bond acceptors (Lipinski definition) is 3. The lowest BCUT2D eigenvalue weighted by molar-refractivity contribution is 0.684. The van der Waals surface area contributed by atoms with E-state index in [1.807, 2.05) is 36.8 Å². The third-order valence-corrected chi connectivity index (χ3v) is 3.77. The van der Waals surface area contributed by atoms with Gasteiger partial charge in [-0.15, -0.1) is 11.3 Å². The number of halogens is 1. The number of nitrogens with one attached hydrogen (secondary N) is 1. The van der Waals surface area contributed by atoms with Crippen LogP contribution < -0.4 is 5.32 Å². The Morgan fingerprint density at radius 3 is 2.80 bits per heavy atom. The van der Waals surface area contributed by atoms with E-state index in [1.54, 1.807) is 11.3 Å². The molecule has 2 nitrogen and oxygen atoms in total. The molecule has 0 amide bonds. The minimum Gasteiger partial charge on any atom is -0.307 e. The molecule has 0 aliphatic heterocycles. The molecule has 1 atom stereocenters. The molecule has 2 aromatic rings. The van der Waals surface area contributed by atoms with Gasteiger partial charge in [0.25, 0.3) is 0 Å². The molecule has 0 bridgehead atoms. The first-order valence-electron chi connectivity index (χ1n) is 4.64. The molecule has 15 heavy (non-hydrogen) atoms. The smallest absolute Gasteiger partial charge is 0.114 e. The van der Waals surface area contributed by atoms with Gasteiger partial charge in [0.15, 0.2) is 0 Å². The number of hydrogen-bond donors (Lipinski definition) is 1. The molecule has 1 aromatic heterocycles. The highest BCUT2D eigenvalue weighted by Gasteiger charge is 2.16. The highest BCUT2D eigenvalue weighted by atomic mass is 79.9. The van der Waals surface area contributed by atoms with Crippen LogP contribution in [0.2, 0.25) is 0 Å². The molecule has 1 heterocycles. The molecule has 4 heteroatoms. The maximum atomic E-state index is 4.34. The van der Waals surface area contributed by atoms with E-state index < -0.39 is 0 Å². The van der Waals surface area contributed by atoms with Gasteiger partial charge in [0, 0.05) is 16.0 Å². The summed E-state index contributed by atoms with van der Waals surface area (Å²) in [5.74, 6) is 0. The first-order chi connectivity index (χ1) is 7.33. The van der Waals surface area contributed by atoms with Crippen molar-refractivity contribution in [2.45, 2.75) is 6.04 Å². The zero-order chi connectivity index (χ0) is 10.7. The summed E-state index contributed by atoms with van der Waals surface area (Å²) in [6.07, 6.45) is 1.83. The summed E-state index contributed by atoms with van der Waals surface area (Å²) < 4.78 is 1.11. The summed E-state index contributed by atoms with van der Waals surface area (Å²) >= 11 is 5.22. The first kappa shape index (κ1) is 10.8. The molecule has 1 N–H and O–H groups in total. The molecule has 1 unspecified atom stereocenters. The molecule has 1 aromatic carbocycles. The van der Waals surface area contributed by atoms with E-state index in [2.05, 4.69) is 32.3 Å². The second-order valence-electron chi connectivity index (χ2n) is 3.11.